The van der Waals surface area contributed by atoms with Gasteiger partial charge in [-0.2, -0.15) is 0 Å². The first-order valence-electron chi connectivity index (χ1n) is 14.8. The summed E-state index contributed by atoms with van der Waals surface area (Å²) in [5, 5.41) is 9.92. The summed E-state index contributed by atoms with van der Waals surface area (Å²) in [6, 6.07) is 3.41. The predicted molar refractivity (Wildman–Crippen MR) is 158 cm³/mol. The Balaban J connectivity index is 1.31. The van der Waals surface area contributed by atoms with Gasteiger partial charge in [0.15, 0.2) is 0 Å². The highest BCUT2D eigenvalue weighted by Gasteiger charge is 2.44. The first kappa shape index (κ1) is 29.1. The van der Waals surface area contributed by atoms with Crippen molar-refractivity contribution in [2.75, 3.05) is 32.7 Å². The summed E-state index contributed by atoms with van der Waals surface area (Å²) < 4.78 is 7.54. The number of nitrogens with zero attached hydrogens (tertiary/aromatic N) is 4. The van der Waals surface area contributed by atoms with Crippen molar-refractivity contribution in [3.63, 3.8) is 0 Å². The average molecular weight is 660 g/mol. The van der Waals surface area contributed by atoms with Gasteiger partial charge in [-0.3, -0.25) is 24.2 Å². The molecule has 4 atom stereocenters. The number of amides is 3. The van der Waals surface area contributed by atoms with Gasteiger partial charge in [-0.25, -0.2) is 0 Å². The van der Waals surface area contributed by atoms with E-state index in [0.717, 1.165) is 34.9 Å². The fourth-order valence-corrected chi connectivity index (χ4v) is 8.17. The van der Waals surface area contributed by atoms with Crippen LogP contribution in [-0.4, -0.2) is 87.3 Å². The number of carboxylic acids is 1. The number of benzene rings is 1. The molecule has 2 saturated heterocycles. The van der Waals surface area contributed by atoms with Crippen LogP contribution < -0.4 is 4.74 Å². The number of carbonyl (C=O) groups is 4. The molecule has 3 unspecified atom stereocenters. The third-order valence-corrected chi connectivity index (χ3v) is 10.7. The van der Waals surface area contributed by atoms with E-state index in [2.05, 4.69) is 20.9 Å². The van der Waals surface area contributed by atoms with Crippen molar-refractivity contribution in [1.29, 1.82) is 0 Å². The number of fused-ring (bicyclic) bond motifs is 1. The molecule has 1 saturated carbocycles. The maximum atomic E-state index is 14.2. The number of halogens is 1. The minimum Gasteiger partial charge on any atom is -0.488 e. The largest absolute Gasteiger partial charge is 0.488 e. The minimum absolute atomic E-state index is 0.0518. The first-order valence-corrected chi connectivity index (χ1v) is 16.5. The van der Waals surface area contributed by atoms with E-state index in [1.165, 1.54) is 11.3 Å². The summed E-state index contributed by atoms with van der Waals surface area (Å²) in [4.78, 5) is 62.0. The highest BCUT2D eigenvalue weighted by atomic mass is 79.9. The lowest BCUT2D eigenvalue weighted by Gasteiger charge is -2.43. The Morgan fingerprint density at radius 1 is 1.05 bits per heavy atom. The number of ether oxygens (including phenoxy) is 1. The fraction of sp³-hybridized carbons (Fsp3) is 0.567. The summed E-state index contributed by atoms with van der Waals surface area (Å²) >= 11 is 5.04. The second kappa shape index (κ2) is 12.3. The summed E-state index contributed by atoms with van der Waals surface area (Å²) in [7, 11) is 0. The smallest absolute Gasteiger partial charge is 0.307 e. The van der Waals surface area contributed by atoms with Gasteiger partial charge in [-0.15, -0.1) is 11.3 Å². The van der Waals surface area contributed by atoms with E-state index in [0.29, 0.717) is 75.5 Å². The van der Waals surface area contributed by atoms with Crippen LogP contribution in [0.1, 0.15) is 71.8 Å². The molecule has 1 aromatic heterocycles. The Kier molecular flexibility index (Phi) is 8.53. The maximum Gasteiger partial charge on any atom is 0.307 e. The van der Waals surface area contributed by atoms with Crippen LogP contribution in [0.3, 0.4) is 0 Å². The Hall–Kier alpha value is -2.99. The van der Waals surface area contributed by atoms with E-state index in [1.807, 2.05) is 21.9 Å². The molecule has 6 rings (SSSR count). The van der Waals surface area contributed by atoms with Gasteiger partial charge < -0.3 is 24.5 Å². The van der Waals surface area contributed by atoms with Gasteiger partial charge in [-0.1, -0.05) is 28.8 Å². The zero-order valence-corrected chi connectivity index (χ0v) is 25.8. The zero-order chi connectivity index (χ0) is 29.4. The van der Waals surface area contributed by atoms with Gasteiger partial charge in [0, 0.05) is 49.1 Å². The molecule has 0 bridgehead atoms. The first-order chi connectivity index (χ1) is 20.3. The maximum absolute atomic E-state index is 14.2. The molecule has 0 spiro atoms. The van der Waals surface area contributed by atoms with Gasteiger partial charge >= 0.3 is 5.97 Å². The average Bonchev–Trinajstić information content (AvgIpc) is 3.77. The van der Waals surface area contributed by atoms with Crippen LogP contribution in [0.5, 0.6) is 5.75 Å². The second-order valence-corrected chi connectivity index (χ2v) is 13.4. The molecule has 3 aliphatic heterocycles. The third-order valence-electron chi connectivity index (χ3n) is 9.19. The zero-order valence-electron chi connectivity index (χ0n) is 23.4. The molecular formula is C30H35BrN4O6S. The molecule has 3 amide bonds. The number of thiazole rings is 1. The summed E-state index contributed by atoms with van der Waals surface area (Å²) in [5.74, 6) is -1.66. The number of likely N-dealkylation sites (tertiary alicyclic amines) is 2. The van der Waals surface area contributed by atoms with Crippen LogP contribution >= 0.6 is 27.3 Å². The molecule has 4 aliphatic rings. The predicted octanol–water partition coefficient (Wildman–Crippen LogP) is 4.14. The number of hydrogen-bond donors (Lipinski definition) is 1. The molecule has 0 radical (unpaired) electrons. The van der Waals surface area contributed by atoms with E-state index >= 15 is 0 Å². The molecule has 12 heteroatoms. The van der Waals surface area contributed by atoms with Crippen LogP contribution in [0.25, 0.3) is 0 Å². The Bertz CT molecular complexity index is 1370. The molecule has 2 aromatic rings. The monoisotopic (exact) mass is 658 g/mol. The molecule has 3 fully saturated rings. The summed E-state index contributed by atoms with van der Waals surface area (Å²) in [5.41, 5.74) is 3.57. The third kappa shape index (κ3) is 5.67. The van der Waals surface area contributed by atoms with Crippen LogP contribution in [-0.2, 0) is 20.8 Å². The van der Waals surface area contributed by atoms with Crippen LogP contribution in [0.2, 0.25) is 0 Å². The highest BCUT2D eigenvalue weighted by Crippen LogP contribution is 2.44. The van der Waals surface area contributed by atoms with E-state index in [1.54, 1.807) is 16.6 Å². The van der Waals surface area contributed by atoms with Crippen molar-refractivity contribution in [2.45, 2.75) is 63.5 Å². The van der Waals surface area contributed by atoms with Crippen LogP contribution in [0.4, 0.5) is 0 Å². The Morgan fingerprint density at radius 2 is 1.86 bits per heavy atom. The Morgan fingerprint density at radius 3 is 2.57 bits per heavy atom. The van der Waals surface area contributed by atoms with E-state index in [-0.39, 0.29) is 23.8 Å². The van der Waals surface area contributed by atoms with Gasteiger partial charge in [0.25, 0.3) is 5.91 Å². The Labute approximate surface area is 257 Å². The second-order valence-electron chi connectivity index (χ2n) is 11.7. The normalized spacial score (nSPS) is 25.9. The van der Waals surface area contributed by atoms with Gasteiger partial charge in [-0.05, 0) is 43.4 Å². The lowest BCUT2D eigenvalue weighted by atomic mass is 9.77. The van der Waals surface area contributed by atoms with E-state index in [9.17, 15) is 24.3 Å². The molecule has 224 valence electrons. The quantitative estimate of drug-likeness (QED) is 0.475. The molecule has 1 N–H and O–H groups in total. The van der Waals surface area contributed by atoms with Crippen molar-refractivity contribution in [3.8, 4) is 5.75 Å². The number of hydrogen-bond acceptors (Lipinski definition) is 7. The molecule has 1 aromatic carbocycles. The fourth-order valence-electron chi connectivity index (χ4n) is 7.04. The summed E-state index contributed by atoms with van der Waals surface area (Å²) in [6.45, 7) is 2.45. The topological polar surface area (TPSA) is 120 Å². The highest BCUT2D eigenvalue weighted by molar-refractivity contribution is 9.10. The molecule has 4 heterocycles. The summed E-state index contributed by atoms with van der Waals surface area (Å²) in [6.07, 6.45) is 6.61. The lowest BCUT2D eigenvalue weighted by Crippen LogP contribution is -2.50. The molecular weight excluding hydrogens is 624 g/mol. The van der Waals surface area contributed by atoms with Crippen molar-refractivity contribution in [1.82, 2.24) is 19.7 Å². The van der Waals surface area contributed by atoms with Gasteiger partial charge in [0.1, 0.15) is 16.7 Å². The number of rotatable bonds is 7. The molecule has 10 nitrogen and oxygen atoms in total. The SMILES string of the molecule is O=C(O)C1CCCCC1C(=O)N1CCc2c(Br)ccc(OC3CCN(C(=O)c4cncs4)C3)c2[C@H]1CN1CCCC1=O. The van der Waals surface area contributed by atoms with Crippen molar-refractivity contribution >= 4 is 51.0 Å². The minimum atomic E-state index is -0.915. The van der Waals surface area contributed by atoms with Gasteiger partial charge in [0.2, 0.25) is 11.8 Å². The van der Waals surface area contributed by atoms with Crippen molar-refractivity contribution in [3.05, 3.63) is 44.3 Å². The molecule has 42 heavy (non-hydrogen) atoms. The van der Waals surface area contributed by atoms with Crippen molar-refractivity contribution in [2.24, 2.45) is 11.8 Å². The number of carbonyl (C=O) groups excluding carboxylic acids is 3. The van der Waals surface area contributed by atoms with Crippen LogP contribution in [0.15, 0.2) is 28.3 Å². The number of aromatic nitrogens is 1. The standard InChI is InChI=1S/C30H35BrN4O6S/c31-22-7-8-24(41-18-9-12-34(15-18)29(38)25-14-32-17-42-25)27-21(22)10-13-35(23(27)16-33-11-3-6-26(33)36)28(37)19-4-1-2-5-20(19)30(39)40/h7-8,14,17-20,23H,1-6,9-13,15-16H2,(H,39,40)/t18?,19?,20?,23-/m1/s1. The van der Waals surface area contributed by atoms with E-state index < -0.39 is 23.8 Å². The van der Waals surface area contributed by atoms with Gasteiger partial charge in [0.05, 0.1) is 36.1 Å². The lowest BCUT2D eigenvalue weighted by molar-refractivity contribution is -0.154. The van der Waals surface area contributed by atoms with Crippen molar-refractivity contribution < 1.29 is 29.0 Å². The van der Waals surface area contributed by atoms with E-state index in [4.69, 9.17) is 4.74 Å². The number of carboxylic acid groups (broad SMARTS) is 1. The number of aliphatic carboxylic acids is 1. The van der Waals surface area contributed by atoms with Crippen LogP contribution in [0, 0.1) is 11.8 Å². The molecule has 1 aliphatic carbocycles.